The van der Waals surface area contributed by atoms with E-state index in [1.54, 1.807) is 0 Å². The highest BCUT2D eigenvalue weighted by Gasteiger charge is 2.34. The van der Waals surface area contributed by atoms with Crippen LogP contribution in [0, 0.1) is 0 Å². The summed E-state index contributed by atoms with van der Waals surface area (Å²) in [4.78, 5) is 11.2. The van der Waals surface area contributed by atoms with Crippen LogP contribution in [0.5, 0.6) is 0 Å². The number of alkyl halides is 3. The molecular weight excluding hydrogens is 203 g/mol. The van der Waals surface area contributed by atoms with E-state index in [1.165, 1.54) is 7.11 Å². The Kier molecular flexibility index (Phi) is 4.86. The molecule has 4 nitrogen and oxygen atoms in total. The molecule has 0 bridgehead atoms. The van der Waals surface area contributed by atoms with Gasteiger partial charge in [-0.05, 0) is 7.05 Å². The predicted octanol–water partition coefficient (Wildman–Crippen LogP) is 0.580. The number of carboxylic acid groups (broad SMARTS) is 1. The Morgan fingerprint density at radius 2 is 2.07 bits per heavy atom. The van der Waals surface area contributed by atoms with Crippen LogP contribution in [-0.2, 0) is 9.53 Å². The van der Waals surface area contributed by atoms with Gasteiger partial charge in [-0.3, -0.25) is 9.69 Å². The van der Waals surface area contributed by atoms with Crippen LogP contribution in [0.2, 0.25) is 0 Å². The largest absolute Gasteiger partial charge is 0.480 e. The maximum absolute atomic E-state index is 11.9. The number of carbonyl (C=O) groups is 1. The minimum absolute atomic E-state index is 0.276. The number of hydrogen-bond donors (Lipinski definition) is 1. The van der Waals surface area contributed by atoms with Crippen molar-refractivity contribution in [3.63, 3.8) is 0 Å². The van der Waals surface area contributed by atoms with Gasteiger partial charge in [0.15, 0.2) is 0 Å². The lowest BCUT2D eigenvalue weighted by Gasteiger charge is -2.24. The molecule has 0 heterocycles. The summed E-state index contributed by atoms with van der Waals surface area (Å²) in [5.41, 5.74) is 0. The number of hydrogen-bond acceptors (Lipinski definition) is 3. The second-order valence-electron chi connectivity index (χ2n) is 2.84. The van der Waals surface area contributed by atoms with Crippen molar-refractivity contribution in [3.8, 4) is 0 Å². The molecule has 0 aliphatic carbocycles. The number of ether oxygens (including phenoxy) is 1. The quantitative estimate of drug-likeness (QED) is 0.728. The molecular formula is C7H12F3NO3. The van der Waals surface area contributed by atoms with Crippen LogP contribution in [-0.4, -0.2) is 55.5 Å². The summed E-state index contributed by atoms with van der Waals surface area (Å²) < 4.78 is 40.2. The van der Waals surface area contributed by atoms with Crippen molar-refractivity contribution in [1.82, 2.24) is 4.90 Å². The van der Waals surface area contributed by atoms with Gasteiger partial charge in [0.2, 0.25) is 0 Å². The summed E-state index contributed by atoms with van der Waals surface area (Å²) in [6.07, 6.45) is -4.41. The fraction of sp³-hybridized carbons (Fsp3) is 0.857. The minimum atomic E-state index is -4.41. The maximum Gasteiger partial charge on any atom is 0.401 e. The van der Waals surface area contributed by atoms with Crippen molar-refractivity contribution in [2.75, 3.05) is 27.3 Å². The Hall–Kier alpha value is -0.820. The lowest BCUT2D eigenvalue weighted by Crippen LogP contribution is -2.45. The van der Waals surface area contributed by atoms with Crippen LogP contribution in [0.25, 0.3) is 0 Å². The van der Waals surface area contributed by atoms with E-state index in [0.717, 1.165) is 7.05 Å². The van der Waals surface area contributed by atoms with Crippen molar-refractivity contribution < 1.29 is 27.8 Å². The second kappa shape index (κ2) is 5.16. The molecule has 1 atom stereocenters. The summed E-state index contributed by atoms with van der Waals surface area (Å²) in [6.45, 7) is -1.55. The monoisotopic (exact) mass is 215 g/mol. The zero-order chi connectivity index (χ0) is 11.4. The number of carboxylic acids is 1. The second-order valence-corrected chi connectivity index (χ2v) is 2.84. The average Bonchev–Trinajstić information content (AvgIpc) is 1.95. The summed E-state index contributed by atoms with van der Waals surface area (Å²) in [6, 6.07) is -1.28. The third-order valence-electron chi connectivity index (χ3n) is 1.57. The predicted molar refractivity (Wildman–Crippen MR) is 42.0 cm³/mol. The lowest BCUT2D eigenvalue weighted by atomic mass is 10.3. The molecule has 0 spiro atoms. The van der Waals surface area contributed by atoms with Crippen LogP contribution >= 0.6 is 0 Å². The number of halogens is 3. The van der Waals surface area contributed by atoms with E-state index < -0.39 is 24.7 Å². The third kappa shape index (κ3) is 5.03. The van der Waals surface area contributed by atoms with E-state index >= 15 is 0 Å². The van der Waals surface area contributed by atoms with Crippen LogP contribution in [0.3, 0.4) is 0 Å². The highest BCUT2D eigenvalue weighted by molar-refractivity contribution is 5.73. The van der Waals surface area contributed by atoms with Gasteiger partial charge in [0.25, 0.3) is 0 Å². The lowest BCUT2D eigenvalue weighted by molar-refractivity contribution is -0.161. The van der Waals surface area contributed by atoms with E-state index in [9.17, 15) is 18.0 Å². The fourth-order valence-corrected chi connectivity index (χ4v) is 0.938. The van der Waals surface area contributed by atoms with E-state index in [4.69, 9.17) is 5.11 Å². The SMILES string of the molecule is COCC(C(=O)O)N(C)CC(F)(F)F. The van der Waals surface area contributed by atoms with Gasteiger partial charge >= 0.3 is 12.1 Å². The highest BCUT2D eigenvalue weighted by atomic mass is 19.4. The molecule has 0 saturated carbocycles. The molecule has 7 heteroatoms. The maximum atomic E-state index is 11.9. The molecule has 0 aliphatic heterocycles. The first-order chi connectivity index (χ1) is 6.28. The molecule has 0 aromatic rings. The zero-order valence-corrected chi connectivity index (χ0v) is 7.84. The van der Waals surface area contributed by atoms with Crippen molar-refractivity contribution in [1.29, 1.82) is 0 Å². The van der Waals surface area contributed by atoms with E-state index in [0.29, 0.717) is 4.90 Å². The molecule has 0 aromatic heterocycles. The molecule has 84 valence electrons. The Morgan fingerprint density at radius 1 is 1.57 bits per heavy atom. The van der Waals surface area contributed by atoms with Crippen molar-refractivity contribution in [3.05, 3.63) is 0 Å². The van der Waals surface area contributed by atoms with Gasteiger partial charge in [-0.15, -0.1) is 0 Å². The first-order valence-electron chi connectivity index (χ1n) is 3.76. The molecule has 0 aromatic carbocycles. The number of aliphatic carboxylic acids is 1. The number of rotatable bonds is 5. The standard InChI is InChI=1S/C7H12F3NO3/c1-11(4-7(8,9)10)5(3-14-2)6(12)13/h5H,3-4H2,1-2H3,(H,12,13). The first-order valence-corrected chi connectivity index (χ1v) is 3.76. The minimum Gasteiger partial charge on any atom is -0.480 e. The Labute approximate surface area is 79.3 Å². The molecule has 1 unspecified atom stereocenters. The van der Waals surface area contributed by atoms with Crippen molar-refractivity contribution in [2.45, 2.75) is 12.2 Å². The Morgan fingerprint density at radius 3 is 2.36 bits per heavy atom. The van der Waals surface area contributed by atoms with Crippen LogP contribution in [0.4, 0.5) is 13.2 Å². The van der Waals surface area contributed by atoms with Gasteiger partial charge in [0.05, 0.1) is 13.2 Å². The van der Waals surface area contributed by atoms with Crippen LogP contribution < -0.4 is 0 Å². The van der Waals surface area contributed by atoms with Gasteiger partial charge in [-0.2, -0.15) is 13.2 Å². The smallest absolute Gasteiger partial charge is 0.401 e. The highest BCUT2D eigenvalue weighted by Crippen LogP contribution is 2.16. The molecule has 0 rings (SSSR count). The van der Waals surface area contributed by atoms with E-state index in [-0.39, 0.29) is 6.61 Å². The van der Waals surface area contributed by atoms with Gasteiger partial charge in [0.1, 0.15) is 6.04 Å². The van der Waals surface area contributed by atoms with Gasteiger partial charge in [0, 0.05) is 7.11 Å². The fourth-order valence-electron chi connectivity index (χ4n) is 0.938. The van der Waals surface area contributed by atoms with Crippen molar-refractivity contribution >= 4 is 5.97 Å². The average molecular weight is 215 g/mol. The molecule has 0 amide bonds. The van der Waals surface area contributed by atoms with E-state index in [2.05, 4.69) is 4.74 Å². The summed E-state index contributed by atoms with van der Waals surface area (Å²) >= 11 is 0. The summed E-state index contributed by atoms with van der Waals surface area (Å²) in [5.74, 6) is -1.33. The van der Waals surface area contributed by atoms with E-state index in [1.807, 2.05) is 0 Å². The first kappa shape index (κ1) is 13.2. The topological polar surface area (TPSA) is 49.8 Å². The number of nitrogens with zero attached hydrogens (tertiary/aromatic N) is 1. The molecule has 0 fully saturated rings. The molecule has 0 aliphatic rings. The van der Waals surface area contributed by atoms with Gasteiger partial charge < -0.3 is 9.84 Å². The van der Waals surface area contributed by atoms with Crippen molar-refractivity contribution in [2.24, 2.45) is 0 Å². The summed E-state index contributed by atoms with van der Waals surface area (Å²) in [5, 5.41) is 8.58. The zero-order valence-electron chi connectivity index (χ0n) is 7.84. The Bertz CT molecular complexity index is 195. The molecule has 0 saturated heterocycles. The molecule has 1 N–H and O–H groups in total. The summed E-state index contributed by atoms with van der Waals surface area (Å²) in [7, 11) is 2.32. The third-order valence-corrected chi connectivity index (χ3v) is 1.57. The Balaban J connectivity index is 4.29. The van der Waals surface area contributed by atoms with Gasteiger partial charge in [-0.1, -0.05) is 0 Å². The normalized spacial score (nSPS) is 14.4. The van der Waals surface area contributed by atoms with Crippen LogP contribution in [0.1, 0.15) is 0 Å². The number of likely N-dealkylation sites (N-methyl/N-ethyl adjacent to an activating group) is 1. The number of methoxy groups -OCH3 is 1. The van der Waals surface area contributed by atoms with Crippen LogP contribution in [0.15, 0.2) is 0 Å². The molecule has 14 heavy (non-hydrogen) atoms. The van der Waals surface area contributed by atoms with Gasteiger partial charge in [-0.25, -0.2) is 0 Å². The molecule has 0 radical (unpaired) electrons.